The van der Waals surface area contributed by atoms with Crippen LogP contribution in [0.15, 0.2) is 54.9 Å². The van der Waals surface area contributed by atoms with E-state index in [-0.39, 0.29) is 11.8 Å². The summed E-state index contributed by atoms with van der Waals surface area (Å²) in [6, 6.07) is 13.3. The van der Waals surface area contributed by atoms with E-state index in [0.29, 0.717) is 0 Å². The SMILES string of the molecule is CCN(Cc1ccncc1)C(C)C(=O)c1ccccc1. The highest BCUT2D eigenvalue weighted by Gasteiger charge is 2.21. The molecule has 104 valence electrons. The highest BCUT2D eigenvalue weighted by Crippen LogP contribution is 2.12. The molecule has 3 nitrogen and oxygen atoms in total. The number of benzene rings is 1. The highest BCUT2D eigenvalue weighted by atomic mass is 16.1. The number of carbonyl (C=O) groups excluding carboxylic acids is 1. The quantitative estimate of drug-likeness (QED) is 0.754. The molecule has 1 heterocycles. The third-order valence-corrected chi connectivity index (χ3v) is 3.53. The van der Waals surface area contributed by atoms with E-state index in [1.54, 1.807) is 12.4 Å². The number of hydrogen-bond donors (Lipinski definition) is 0. The molecule has 2 aromatic rings. The average molecular weight is 268 g/mol. The molecule has 3 heteroatoms. The van der Waals surface area contributed by atoms with Crippen LogP contribution in [0, 0.1) is 0 Å². The summed E-state index contributed by atoms with van der Waals surface area (Å²) < 4.78 is 0. The lowest BCUT2D eigenvalue weighted by Gasteiger charge is -2.26. The van der Waals surface area contributed by atoms with Crippen LogP contribution >= 0.6 is 0 Å². The first-order valence-electron chi connectivity index (χ1n) is 6.94. The van der Waals surface area contributed by atoms with Crippen LogP contribution in [0.4, 0.5) is 0 Å². The molecule has 0 saturated carbocycles. The Kier molecular flexibility index (Phi) is 5.02. The van der Waals surface area contributed by atoms with E-state index in [4.69, 9.17) is 0 Å². The largest absolute Gasteiger partial charge is 0.292 e. The number of rotatable bonds is 6. The van der Waals surface area contributed by atoms with Gasteiger partial charge in [-0.1, -0.05) is 37.3 Å². The third kappa shape index (κ3) is 3.52. The molecule has 0 amide bonds. The van der Waals surface area contributed by atoms with Crippen molar-refractivity contribution in [1.29, 1.82) is 0 Å². The zero-order chi connectivity index (χ0) is 14.4. The Balaban J connectivity index is 2.09. The normalized spacial score (nSPS) is 12.3. The van der Waals surface area contributed by atoms with Gasteiger partial charge in [0, 0.05) is 24.5 Å². The van der Waals surface area contributed by atoms with Crippen LogP contribution in [0.2, 0.25) is 0 Å². The van der Waals surface area contributed by atoms with E-state index in [9.17, 15) is 4.79 Å². The molecule has 0 aliphatic heterocycles. The third-order valence-electron chi connectivity index (χ3n) is 3.53. The minimum Gasteiger partial charge on any atom is -0.292 e. The van der Waals surface area contributed by atoms with Crippen LogP contribution in [0.5, 0.6) is 0 Å². The van der Waals surface area contributed by atoms with Gasteiger partial charge in [-0.15, -0.1) is 0 Å². The lowest BCUT2D eigenvalue weighted by atomic mass is 10.0. The smallest absolute Gasteiger partial charge is 0.179 e. The number of likely N-dealkylation sites (N-methyl/N-ethyl adjacent to an activating group) is 1. The number of carbonyl (C=O) groups is 1. The fourth-order valence-electron chi connectivity index (χ4n) is 2.25. The Morgan fingerprint density at radius 3 is 2.40 bits per heavy atom. The molecule has 0 saturated heterocycles. The molecule has 0 bridgehead atoms. The Labute approximate surface area is 120 Å². The van der Waals surface area contributed by atoms with Gasteiger partial charge in [0.1, 0.15) is 0 Å². The molecule has 0 aliphatic carbocycles. The molecule has 0 aliphatic rings. The summed E-state index contributed by atoms with van der Waals surface area (Å²) in [4.78, 5) is 18.7. The summed E-state index contributed by atoms with van der Waals surface area (Å²) in [5.41, 5.74) is 1.95. The average Bonchev–Trinajstić information content (AvgIpc) is 2.53. The summed E-state index contributed by atoms with van der Waals surface area (Å²) >= 11 is 0. The maximum Gasteiger partial charge on any atom is 0.179 e. The highest BCUT2D eigenvalue weighted by molar-refractivity contribution is 5.99. The first-order chi connectivity index (χ1) is 9.72. The minimum absolute atomic E-state index is 0.129. The Hall–Kier alpha value is -2.00. The van der Waals surface area contributed by atoms with Crippen molar-refractivity contribution in [2.75, 3.05) is 6.54 Å². The lowest BCUT2D eigenvalue weighted by molar-refractivity contribution is 0.0835. The second kappa shape index (κ2) is 6.96. The number of hydrogen-bond acceptors (Lipinski definition) is 3. The second-order valence-corrected chi connectivity index (χ2v) is 4.82. The van der Waals surface area contributed by atoms with Crippen molar-refractivity contribution in [2.24, 2.45) is 0 Å². The molecule has 0 spiro atoms. The van der Waals surface area contributed by atoms with Gasteiger partial charge in [0.15, 0.2) is 5.78 Å². The van der Waals surface area contributed by atoms with Crippen molar-refractivity contribution in [3.05, 3.63) is 66.0 Å². The van der Waals surface area contributed by atoms with Gasteiger partial charge < -0.3 is 0 Å². The standard InChI is InChI=1S/C17H20N2O/c1-3-19(13-15-9-11-18-12-10-15)14(2)17(20)16-7-5-4-6-8-16/h4-12,14H,3,13H2,1-2H3. The van der Waals surface area contributed by atoms with Crippen LogP contribution in [0.3, 0.4) is 0 Å². The molecule has 1 aromatic heterocycles. The summed E-state index contributed by atoms with van der Waals surface area (Å²) in [6.07, 6.45) is 3.57. The molecule has 2 rings (SSSR count). The van der Waals surface area contributed by atoms with E-state index in [2.05, 4.69) is 16.8 Å². The van der Waals surface area contributed by atoms with Crippen LogP contribution in [0.1, 0.15) is 29.8 Å². The van der Waals surface area contributed by atoms with Gasteiger partial charge >= 0.3 is 0 Å². The monoisotopic (exact) mass is 268 g/mol. The summed E-state index contributed by atoms with van der Waals surface area (Å²) in [7, 11) is 0. The van der Waals surface area contributed by atoms with Gasteiger partial charge in [0.2, 0.25) is 0 Å². The Bertz CT molecular complexity index is 539. The van der Waals surface area contributed by atoms with E-state index >= 15 is 0 Å². The summed E-state index contributed by atoms with van der Waals surface area (Å²) in [5.74, 6) is 0.168. The van der Waals surface area contributed by atoms with Crippen molar-refractivity contribution < 1.29 is 4.79 Å². The molecule has 1 atom stereocenters. The molecular formula is C17H20N2O. The van der Waals surface area contributed by atoms with Crippen molar-refractivity contribution in [3.63, 3.8) is 0 Å². The summed E-state index contributed by atoms with van der Waals surface area (Å²) in [6.45, 7) is 5.65. The van der Waals surface area contributed by atoms with Gasteiger partial charge in [0.05, 0.1) is 6.04 Å². The number of ketones is 1. The van der Waals surface area contributed by atoms with Crippen molar-refractivity contribution >= 4 is 5.78 Å². The first-order valence-corrected chi connectivity index (χ1v) is 6.94. The number of nitrogens with zero attached hydrogens (tertiary/aromatic N) is 2. The van der Waals surface area contributed by atoms with Crippen molar-refractivity contribution in [1.82, 2.24) is 9.88 Å². The number of pyridine rings is 1. The van der Waals surface area contributed by atoms with E-state index < -0.39 is 0 Å². The predicted octanol–water partition coefficient (Wildman–Crippen LogP) is 3.17. The van der Waals surface area contributed by atoms with Crippen LogP contribution < -0.4 is 0 Å². The van der Waals surface area contributed by atoms with Gasteiger partial charge in [-0.25, -0.2) is 0 Å². The molecule has 0 N–H and O–H groups in total. The van der Waals surface area contributed by atoms with Gasteiger partial charge in [-0.3, -0.25) is 14.7 Å². The van der Waals surface area contributed by atoms with Crippen molar-refractivity contribution in [3.8, 4) is 0 Å². The summed E-state index contributed by atoms with van der Waals surface area (Å²) in [5, 5.41) is 0. The Morgan fingerprint density at radius 1 is 1.15 bits per heavy atom. The van der Waals surface area contributed by atoms with E-state index in [1.807, 2.05) is 49.4 Å². The molecule has 0 fully saturated rings. The first kappa shape index (κ1) is 14.4. The van der Waals surface area contributed by atoms with E-state index in [1.165, 1.54) is 5.56 Å². The molecule has 1 unspecified atom stereocenters. The minimum atomic E-state index is -0.129. The maximum absolute atomic E-state index is 12.5. The zero-order valence-electron chi connectivity index (χ0n) is 12.0. The van der Waals surface area contributed by atoms with Crippen LogP contribution in [-0.4, -0.2) is 28.3 Å². The van der Waals surface area contributed by atoms with Crippen molar-refractivity contribution in [2.45, 2.75) is 26.4 Å². The molecule has 20 heavy (non-hydrogen) atoms. The van der Waals surface area contributed by atoms with Gasteiger partial charge in [0.25, 0.3) is 0 Å². The molecular weight excluding hydrogens is 248 g/mol. The molecule has 1 aromatic carbocycles. The number of Topliss-reactive ketones (excluding diaryl/α,β-unsaturated/α-hetero) is 1. The number of aromatic nitrogens is 1. The van der Waals surface area contributed by atoms with Crippen LogP contribution in [-0.2, 0) is 6.54 Å². The van der Waals surface area contributed by atoms with Crippen LogP contribution in [0.25, 0.3) is 0 Å². The van der Waals surface area contributed by atoms with Gasteiger partial charge in [-0.2, -0.15) is 0 Å². The fourth-order valence-corrected chi connectivity index (χ4v) is 2.25. The Morgan fingerprint density at radius 2 is 1.80 bits per heavy atom. The topological polar surface area (TPSA) is 33.2 Å². The van der Waals surface area contributed by atoms with E-state index in [0.717, 1.165) is 18.7 Å². The fraction of sp³-hybridized carbons (Fsp3) is 0.294. The lowest BCUT2D eigenvalue weighted by Crippen LogP contribution is -2.38. The second-order valence-electron chi connectivity index (χ2n) is 4.82. The zero-order valence-corrected chi connectivity index (χ0v) is 12.0. The maximum atomic E-state index is 12.5. The predicted molar refractivity (Wildman–Crippen MR) is 80.6 cm³/mol. The van der Waals surface area contributed by atoms with Gasteiger partial charge in [-0.05, 0) is 31.2 Å². The molecule has 0 radical (unpaired) electrons.